The van der Waals surface area contributed by atoms with E-state index in [1.807, 2.05) is 121 Å². The summed E-state index contributed by atoms with van der Waals surface area (Å²) in [5.41, 5.74) is 8.15. The number of hydrogen-bond acceptors (Lipinski definition) is 11. The van der Waals surface area contributed by atoms with Crippen LogP contribution in [0.2, 0.25) is 10.2 Å². The molecule has 0 aliphatic rings. The van der Waals surface area contributed by atoms with E-state index in [2.05, 4.69) is 191 Å². The molecule has 0 unspecified atom stereocenters. The molecule has 0 aliphatic heterocycles. The number of hydrogen-bond donors (Lipinski definition) is 1. The van der Waals surface area contributed by atoms with Crippen LogP contribution in [0.15, 0.2) is 157 Å². The van der Waals surface area contributed by atoms with Crippen LogP contribution in [0, 0.1) is 5.82 Å². The SMILES string of the molecule is CC(C)(C)c1ccc(Cl)nc1.CC(C)(C)c1ccccn1.CC(C)(C)c1cnccn1.CC(C)(C)c1ncccc1Br.CC(C)(C)c1ncccc1Cl.CC(C)(C)c1ncccc1F.CC(C)(C)c1ncccc1O.COc1cccnc1C(C)(C)C. The lowest BCUT2D eigenvalue weighted by atomic mass is 9.88. The number of ether oxygens (including phenoxy) is 1. The van der Waals surface area contributed by atoms with Crippen LogP contribution in [-0.2, 0) is 43.3 Å². The minimum Gasteiger partial charge on any atom is -0.506 e. The number of aromatic nitrogens is 9. The molecule has 0 radical (unpaired) electrons. The number of nitrogens with zero attached hydrogens (tertiary/aromatic N) is 9. The number of rotatable bonds is 1. The number of halogens is 4. The first-order chi connectivity index (χ1) is 39.8. The average Bonchev–Trinajstić information content (AvgIpc) is 2.77. The van der Waals surface area contributed by atoms with Gasteiger partial charge in [-0.2, -0.15) is 0 Å². The molecule has 8 aromatic heterocycles. The van der Waals surface area contributed by atoms with E-state index in [1.54, 1.807) is 68.7 Å². The van der Waals surface area contributed by atoms with Gasteiger partial charge in [0, 0.05) is 110 Å². The van der Waals surface area contributed by atoms with Crippen LogP contribution >= 0.6 is 39.1 Å². The number of aromatic hydroxyl groups is 1. The molecule has 0 fully saturated rings. The standard InChI is InChI=1S/C10H15NO.C9H12BrN.2C9H12ClN.C9H12FN.C9H13NO.C9H13N.C8H12N2/c1-10(2,3)9-8(12-4)6-5-7-11-9;1-9(2,3)8-7(10)5-4-6-11-8;1-9(2,3)7-4-5-8(10)11-6-7;2*1-9(2,3)8-7(10)5-4-6-11-8;1-9(2,3)8-7(11)5-4-6-10-8;1-9(2,3)8-6-4-5-7-10-8;1-8(2,3)7-6-9-4-5-10-7/h5-7H,1-4H3;4*4-6H,1-3H3;4-6,11H,1-3H3;4-7H,1-3H3;4-6H,1-3H3. The van der Waals surface area contributed by atoms with Gasteiger partial charge in [-0.1, -0.05) is 202 Å². The quantitative estimate of drug-likeness (QED) is 0.157. The Labute approximate surface area is 541 Å². The van der Waals surface area contributed by atoms with Crippen molar-refractivity contribution >= 4 is 39.1 Å². The number of methoxy groups -OCH3 is 1. The Morgan fingerprint density at radius 3 is 1.13 bits per heavy atom. The predicted octanol–water partition coefficient (Wildman–Crippen LogP) is 20.4. The van der Waals surface area contributed by atoms with Crippen LogP contribution in [0.4, 0.5) is 4.39 Å². The molecule has 8 rings (SSSR count). The Kier molecular flexibility index (Phi) is 31.7. The van der Waals surface area contributed by atoms with Gasteiger partial charge < -0.3 is 9.84 Å². The highest BCUT2D eigenvalue weighted by Gasteiger charge is 2.23. The molecule has 1 N–H and O–H groups in total. The summed E-state index contributed by atoms with van der Waals surface area (Å²) in [6, 6.07) is 27.8. The molecule has 15 heteroatoms. The summed E-state index contributed by atoms with van der Waals surface area (Å²) in [4.78, 5) is 37.3. The normalized spacial score (nSPS) is 11.6. The summed E-state index contributed by atoms with van der Waals surface area (Å²) >= 11 is 15.1. The van der Waals surface area contributed by atoms with Gasteiger partial charge in [0.1, 0.15) is 22.5 Å². The fraction of sp³-hybridized carbons (Fsp3) is 0.458. The highest BCUT2D eigenvalue weighted by atomic mass is 79.9. The Bertz CT molecular complexity index is 2930. The molecule has 0 bridgehead atoms. The third-order valence-corrected chi connectivity index (χ3v) is 13.1. The third-order valence-electron chi connectivity index (χ3n) is 12.0. The smallest absolute Gasteiger partial charge is 0.145 e. The van der Waals surface area contributed by atoms with Crippen molar-refractivity contribution in [1.82, 2.24) is 44.9 Å². The zero-order valence-corrected chi connectivity index (χ0v) is 59.9. The van der Waals surface area contributed by atoms with Crippen LogP contribution in [0.1, 0.15) is 212 Å². The van der Waals surface area contributed by atoms with E-state index < -0.39 is 0 Å². The molecule has 0 spiro atoms. The van der Waals surface area contributed by atoms with E-state index in [9.17, 15) is 9.50 Å². The minimum atomic E-state index is -0.222. The van der Waals surface area contributed by atoms with Gasteiger partial charge in [-0.15, -0.1) is 0 Å². The van der Waals surface area contributed by atoms with E-state index in [0.29, 0.717) is 10.8 Å². The molecule has 11 nitrogen and oxygen atoms in total. The third kappa shape index (κ3) is 31.0. The summed E-state index contributed by atoms with van der Waals surface area (Å²) < 4.78 is 19.3. The Morgan fingerprint density at radius 1 is 0.379 bits per heavy atom. The highest BCUT2D eigenvalue weighted by molar-refractivity contribution is 9.10. The first-order valence-corrected chi connectivity index (χ1v) is 30.6. The lowest BCUT2D eigenvalue weighted by Crippen LogP contribution is -2.15. The molecule has 0 atom stereocenters. The van der Waals surface area contributed by atoms with E-state index in [-0.39, 0.29) is 54.9 Å². The van der Waals surface area contributed by atoms with Gasteiger partial charge in [-0.05, 0) is 106 Å². The van der Waals surface area contributed by atoms with Crippen LogP contribution < -0.4 is 4.74 Å². The van der Waals surface area contributed by atoms with Crippen molar-refractivity contribution in [3.05, 3.63) is 219 Å². The van der Waals surface area contributed by atoms with Gasteiger partial charge in [0.25, 0.3) is 0 Å². The maximum Gasteiger partial charge on any atom is 0.145 e. The molecule has 0 saturated heterocycles. The van der Waals surface area contributed by atoms with Gasteiger partial charge in [-0.3, -0.25) is 39.9 Å². The Hall–Kier alpha value is -6.28. The molecule has 0 aliphatic carbocycles. The Morgan fingerprint density at radius 2 is 0.816 bits per heavy atom. The summed E-state index contributed by atoms with van der Waals surface area (Å²) in [6.45, 7) is 50.3. The largest absolute Gasteiger partial charge is 0.506 e. The lowest BCUT2D eigenvalue weighted by Gasteiger charge is -2.19. The maximum atomic E-state index is 13.0. The molecule has 8 heterocycles. The molecule has 0 aromatic carbocycles. The van der Waals surface area contributed by atoms with E-state index >= 15 is 0 Å². The number of pyridine rings is 7. The van der Waals surface area contributed by atoms with Crippen LogP contribution in [0.3, 0.4) is 0 Å². The predicted molar refractivity (Wildman–Crippen MR) is 367 cm³/mol. The zero-order chi connectivity index (χ0) is 66.8. The molecular weight excluding hydrogens is 1190 g/mol. The molecule has 0 saturated carbocycles. The highest BCUT2D eigenvalue weighted by Crippen LogP contribution is 2.31. The van der Waals surface area contributed by atoms with Crippen LogP contribution in [-0.4, -0.2) is 57.1 Å². The topological polar surface area (TPSA) is 145 Å². The van der Waals surface area contributed by atoms with Crippen LogP contribution in [0.25, 0.3) is 0 Å². The second-order valence-electron chi connectivity index (χ2n) is 28.6. The minimum absolute atomic E-state index is 0.0400. The van der Waals surface area contributed by atoms with Crippen molar-refractivity contribution in [2.45, 2.75) is 209 Å². The summed E-state index contributed by atoms with van der Waals surface area (Å²) in [7, 11) is 1.67. The molecule has 8 aromatic rings. The summed E-state index contributed by atoms with van der Waals surface area (Å²) in [5.74, 6) is 0.921. The van der Waals surface area contributed by atoms with Gasteiger partial charge in [0.05, 0.1) is 46.3 Å². The maximum absolute atomic E-state index is 13.0. The van der Waals surface area contributed by atoms with Gasteiger partial charge >= 0.3 is 0 Å². The van der Waals surface area contributed by atoms with Crippen LogP contribution in [0.5, 0.6) is 11.5 Å². The lowest BCUT2D eigenvalue weighted by molar-refractivity contribution is 0.392. The van der Waals surface area contributed by atoms with Gasteiger partial charge in [-0.25, -0.2) is 9.37 Å². The van der Waals surface area contributed by atoms with E-state index in [0.717, 1.165) is 49.4 Å². The van der Waals surface area contributed by atoms with E-state index in [4.69, 9.17) is 27.9 Å². The van der Waals surface area contributed by atoms with Gasteiger partial charge in [0.2, 0.25) is 0 Å². The monoisotopic (exact) mass is 1290 g/mol. The van der Waals surface area contributed by atoms with Crippen molar-refractivity contribution in [2.75, 3.05) is 7.11 Å². The first kappa shape index (κ1) is 78.7. The second-order valence-corrected chi connectivity index (χ2v) is 30.3. The molecule has 474 valence electrons. The Balaban J connectivity index is 0.000000497. The van der Waals surface area contributed by atoms with E-state index in [1.165, 1.54) is 11.6 Å². The molecule has 0 amide bonds. The van der Waals surface area contributed by atoms with Crippen molar-refractivity contribution < 1.29 is 14.2 Å². The summed E-state index contributed by atoms with van der Waals surface area (Å²) in [6.07, 6.45) is 17.6. The second kappa shape index (κ2) is 35.1. The van der Waals surface area contributed by atoms with Crippen molar-refractivity contribution in [3.63, 3.8) is 0 Å². The molecular formula is C72H101BrCl2FN9O2. The molecule has 87 heavy (non-hydrogen) atoms. The van der Waals surface area contributed by atoms with Crippen molar-refractivity contribution in [1.29, 1.82) is 0 Å². The average molecular weight is 1290 g/mol. The van der Waals surface area contributed by atoms with Crippen molar-refractivity contribution in [2.24, 2.45) is 0 Å². The van der Waals surface area contributed by atoms with Crippen molar-refractivity contribution in [3.8, 4) is 11.5 Å². The fourth-order valence-electron chi connectivity index (χ4n) is 7.22. The summed E-state index contributed by atoms with van der Waals surface area (Å²) in [5, 5.41) is 10.7. The fourth-order valence-corrected chi connectivity index (χ4v) is 8.58. The van der Waals surface area contributed by atoms with Gasteiger partial charge in [0.15, 0.2) is 0 Å². The first-order valence-electron chi connectivity index (χ1n) is 29.1. The zero-order valence-electron chi connectivity index (χ0n) is 56.8.